The Morgan fingerprint density at radius 1 is 1.04 bits per heavy atom. The maximum absolute atomic E-state index is 12.2. The fourth-order valence-electron chi connectivity index (χ4n) is 1.82. The first-order valence-electron chi connectivity index (χ1n) is 6.66. The van der Waals surface area contributed by atoms with E-state index in [9.17, 15) is 13.2 Å². The quantitative estimate of drug-likeness (QED) is 0.758. The Morgan fingerprint density at radius 3 is 2.21 bits per heavy atom. The van der Waals surface area contributed by atoms with Crippen LogP contribution in [0.5, 0.6) is 11.5 Å². The summed E-state index contributed by atoms with van der Waals surface area (Å²) < 4.78 is 34.4. The van der Waals surface area contributed by atoms with Gasteiger partial charge in [0, 0.05) is 16.7 Å². The fraction of sp³-hybridized carbons (Fsp3) is 0.133. The molecule has 1 amide bonds. The van der Waals surface area contributed by atoms with Crippen molar-refractivity contribution in [2.75, 3.05) is 14.2 Å². The van der Waals surface area contributed by atoms with Crippen molar-refractivity contribution in [3.8, 4) is 11.5 Å². The number of amides is 1. The van der Waals surface area contributed by atoms with Crippen molar-refractivity contribution in [2.45, 2.75) is 4.90 Å². The van der Waals surface area contributed by atoms with Crippen LogP contribution in [0.2, 0.25) is 5.02 Å². The molecule has 0 unspecified atom stereocenters. The summed E-state index contributed by atoms with van der Waals surface area (Å²) in [4.78, 5) is 14.1. The fourth-order valence-corrected chi connectivity index (χ4v) is 2.96. The molecule has 0 saturated heterocycles. The minimum atomic E-state index is -3.95. The number of rotatable bonds is 6. The second-order valence-electron chi connectivity index (χ2n) is 4.62. The minimum Gasteiger partial charge on any atom is -0.497 e. The van der Waals surface area contributed by atoms with E-state index in [1.165, 1.54) is 44.6 Å². The SMILES string of the molecule is COc1cc(OC)cc(C(=O)NNS(=O)(=O)c2cccc(Cl)c2)c1. The van der Waals surface area contributed by atoms with Gasteiger partial charge in [-0.2, -0.15) is 0 Å². The van der Waals surface area contributed by atoms with Crippen molar-refractivity contribution in [3.63, 3.8) is 0 Å². The van der Waals surface area contributed by atoms with Crippen LogP contribution in [0.25, 0.3) is 0 Å². The van der Waals surface area contributed by atoms with Gasteiger partial charge in [0.1, 0.15) is 11.5 Å². The van der Waals surface area contributed by atoms with Crippen molar-refractivity contribution in [1.29, 1.82) is 0 Å². The van der Waals surface area contributed by atoms with Crippen LogP contribution in [0, 0.1) is 0 Å². The zero-order valence-corrected chi connectivity index (χ0v) is 14.4. The first-order chi connectivity index (χ1) is 11.4. The normalized spacial score (nSPS) is 11.0. The smallest absolute Gasteiger partial charge is 0.266 e. The van der Waals surface area contributed by atoms with Gasteiger partial charge in [-0.25, -0.2) is 8.42 Å². The lowest BCUT2D eigenvalue weighted by atomic mass is 10.2. The molecular weight excluding hydrogens is 356 g/mol. The molecule has 2 aromatic rings. The summed E-state index contributed by atoms with van der Waals surface area (Å²) in [6.07, 6.45) is 0. The number of ether oxygens (including phenoxy) is 2. The van der Waals surface area contributed by atoms with Gasteiger partial charge in [0.05, 0.1) is 19.1 Å². The zero-order valence-electron chi connectivity index (χ0n) is 12.9. The van der Waals surface area contributed by atoms with Crippen LogP contribution >= 0.6 is 11.6 Å². The summed E-state index contributed by atoms with van der Waals surface area (Å²) in [7, 11) is -1.06. The Labute approximate surface area is 144 Å². The third-order valence-electron chi connectivity index (χ3n) is 3.02. The Hall–Kier alpha value is -2.29. The highest BCUT2D eigenvalue weighted by Crippen LogP contribution is 2.22. The Bertz CT molecular complexity index is 832. The van der Waals surface area contributed by atoms with E-state index in [4.69, 9.17) is 21.1 Å². The Balaban J connectivity index is 2.15. The van der Waals surface area contributed by atoms with Gasteiger partial charge in [0.25, 0.3) is 15.9 Å². The van der Waals surface area contributed by atoms with Crippen molar-refractivity contribution in [2.24, 2.45) is 0 Å². The lowest BCUT2D eigenvalue weighted by Crippen LogP contribution is -2.41. The Kier molecular flexibility index (Phi) is 5.66. The van der Waals surface area contributed by atoms with E-state index < -0.39 is 15.9 Å². The van der Waals surface area contributed by atoms with Gasteiger partial charge in [-0.3, -0.25) is 10.2 Å². The summed E-state index contributed by atoms with van der Waals surface area (Å²) >= 11 is 5.77. The second-order valence-corrected chi connectivity index (χ2v) is 6.74. The molecular formula is C15H15ClN2O5S. The van der Waals surface area contributed by atoms with Crippen LogP contribution in [0.15, 0.2) is 47.4 Å². The lowest BCUT2D eigenvalue weighted by Gasteiger charge is -2.10. The van der Waals surface area contributed by atoms with E-state index in [-0.39, 0.29) is 15.5 Å². The maximum atomic E-state index is 12.2. The standard InChI is InChI=1S/C15H15ClN2O5S/c1-22-12-6-10(7-13(9-12)23-2)15(19)17-18-24(20,21)14-5-3-4-11(16)8-14/h3-9,18H,1-2H3,(H,17,19). The number of hydrogen-bond donors (Lipinski definition) is 2. The van der Waals surface area contributed by atoms with Gasteiger partial charge < -0.3 is 9.47 Å². The highest BCUT2D eigenvalue weighted by atomic mass is 35.5. The molecule has 0 aliphatic heterocycles. The van der Waals surface area contributed by atoms with Crippen molar-refractivity contribution in [3.05, 3.63) is 53.1 Å². The lowest BCUT2D eigenvalue weighted by molar-refractivity contribution is 0.0944. The molecule has 0 aliphatic rings. The molecule has 128 valence electrons. The van der Waals surface area contributed by atoms with Gasteiger partial charge in [-0.05, 0) is 30.3 Å². The number of hydrogen-bond acceptors (Lipinski definition) is 5. The van der Waals surface area contributed by atoms with Gasteiger partial charge in [0.2, 0.25) is 0 Å². The molecule has 24 heavy (non-hydrogen) atoms. The molecule has 0 spiro atoms. The van der Waals surface area contributed by atoms with E-state index in [1.807, 2.05) is 4.83 Å². The first kappa shape index (κ1) is 18.1. The average molecular weight is 371 g/mol. The minimum absolute atomic E-state index is 0.0708. The Morgan fingerprint density at radius 2 is 1.67 bits per heavy atom. The highest BCUT2D eigenvalue weighted by Gasteiger charge is 2.17. The molecule has 0 saturated carbocycles. The van der Waals surface area contributed by atoms with Crippen LogP contribution in [-0.4, -0.2) is 28.5 Å². The predicted octanol–water partition coefficient (Wildman–Crippen LogP) is 1.98. The van der Waals surface area contributed by atoms with Crippen LogP contribution < -0.4 is 19.7 Å². The zero-order chi connectivity index (χ0) is 17.7. The van der Waals surface area contributed by atoms with Crippen LogP contribution in [-0.2, 0) is 10.0 Å². The van der Waals surface area contributed by atoms with E-state index in [2.05, 4.69) is 5.43 Å². The van der Waals surface area contributed by atoms with Crippen molar-refractivity contribution < 1.29 is 22.7 Å². The number of halogens is 1. The summed E-state index contributed by atoms with van der Waals surface area (Å²) in [5.41, 5.74) is 2.30. The molecule has 7 nitrogen and oxygen atoms in total. The van der Waals surface area contributed by atoms with Gasteiger partial charge in [0.15, 0.2) is 0 Å². The summed E-state index contributed by atoms with van der Waals surface area (Å²) in [5.74, 6) is 0.132. The first-order valence-corrected chi connectivity index (χ1v) is 8.52. The topological polar surface area (TPSA) is 93.7 Å². The van der Waals surface area contributed by atoms with Gasteiger partial charge in [-0.1, -0.05) is 17.7 Å². The molecule has 0 atom stereocenters. The van der Waals surface area contributed by atoms with Crippen LogP contribution in [0.3, 0.4) is 0 Å². The number of benzene rings is 2. The molecule has 0 aliphatic carbocycles. The molecule has 0 radical (unpaired) electrons. The molecule has 9 heteroatoms. The van der Waals surface area contributed by atoms with E-state index in [0.717, 1.165) is 0 Å². The number of hydrazine groups is 1. The highest BCUT2D eigenvalue weighted by molar-refractivity contribution is 7.89. The maximum Gasteiger partial charge on any atom is 0.266 e. The van der Waals surface area contributed by atoms with E-state index in [1.54, 1.807) is 12.1 Å². The van der Waals surface area contributed by atoms with Gasteiger partial charge >= 0.3 is 0 Å². The molecule has 0 bridgehead atoms. The largest absolute Gasteiger partial charge is 0.497 e. The number of carbonyl (C=O) groups is 1. The summed E-state index contributed by atoms with van der Waals surface area (Å²) in [5, 5.41) is 0.265. The van der Waals surface area contributed by atoms with E-state index >= 15 is 0 Å². The van der Waals surface area contributed by atoms with Crippen molar-refractivity contribution >= 4 is 27.5 Å². The monoisotopic (exact) mass is 370 g/mol. The third kappa shape index (κ3) is 4.38. The molecule has 0 heterocycles. The number of nitrogens with one attached hydrogen (secondary N) is 2. The van der Waals surface area contributed by atoms with Crippen LogP contribution in [0.4, 0.5) is 0 Å². The summed E-state index contributed by atoms with van der Waals surface area (Å²) in [6.45, 7) is 0. The number of methoxy groups -OCH3 is 2. The molecule has 2 aromatic carbocycles. The third-order valence-corrected chi connectivity index (χ3v) is 4.50. The van der Waals surface area contributed by atoms with Gasteiger partial charge in [-0.15, -0.1) is 4.83 Å². The second kappa shape index (κ2) is 7.52. The molecule has 0 aromatic heterocycles. The van der Waals surface area contributed by atoms with Crippen LogP contribution in [0.1, 0.15) is 10.4 Å². The average Bonchev–Trinajstić information content (AvgIpc) is 2.59. The predicted molar refractivity (Wildman–Crippen MR) is 88.8 cm³/mol. The number of sulfonamides is 1. The summed E-state index contributed by atoms with van der Waals surface area (Å²) in [6, 6.07) is 10.1. The molecule has 2 N–H and O–H groups in total. The van der Waals surface area contributed by atoms with Crippen molar-refractivity contribution in [1.82, 2.24) is 10.3 Å². The van der Waals surface area contributed by atoms with E-state index in [0.29, 0.717) is 11.5 Å². The molecule has 0 fully saturated rings. The molecule has 2 rings (SSSR count). The number of carbonyl (C=O) groups excluding carboxylic acids is 1.